The van der Waals surface area contributed by atoms with Crippen LogP contribution in [0.3, 0.4) is 0 Å². The molecule has 0 N–H and O–H groups in total. The van der Waals surface area contributed by atoms with Crippen molar-refractivity contribution in [2.45, 2.75) is 19.3 Å². The fourth-order valence-electron chi connectivity index (χ4n) is 2.35. The summed E-state index contributed by atoms with van der Waals surface area (Å²) in [7, 11) is 1.54. The highest BCUT2D eigenvalue weighted by molar-refractivity contribution is 5.63. The van der Waals surface area contributed by atoms with Gasteiger partial charge in [-0.25, -0.2) is 4.39 Å². The minimum absolute atomic E-state index is 0.0317. The van der Waals surface area contributed by atoms with Crippen molar-refractivity contribution in [1.29, 1.82) is 0 Å². The molecule has 0 atom stereocenters. The highest BCUT2D eigenvalue weighted by Crippen LogP contribution is 2.32. The average Bonchev–Trinajstić information content (AvgIpc) is 3.25. The lowest BCUT2D eigenvalue weighted by Gasteiger charge is -2.10. The summed E-state index contributed by atoms with van der Waals surface area (Å²) >= 11 is 0. The summed E-state index contributed by atoms with van der Waals surface area (Å²) in [5, 5.41) is 0. The number of nitrogens with zero attached hydrogens (tertiary/aromatic N) is 1. The summed E-state index contributed by atoms with van der Waals surface area (Å²) in [4.78, 5) is 17.7. The number of benzene rings is 1. The molecule has 3 rings (SSSR count). The van der Waals surface area contributed by atoms with Crippen LogP contribution in [0.5, 0.6) is 0 Å². The van der Waals surface area contributed by atoms with E-state index in [4.69, 9.17) is 4.84 Å². The molecule has 1 heterocycles. The molecule has 1 fully saturated rings. The Balaban J connectivity index is 2.10. The quantitative estimate of drug-likeness (QED) is 0.857. The van der Waals surface area contributed by atoms with Gasteiger partial charge in [0.1, 0.15) is 12.9 Å². The fraction of sp³-hybridized carbons (Fsp3) is 0.312. The van der Waals surface area contributed by atoms with Gasteiger partial charge in [-0.15, -0.1) is 0 Å². The predicted molar refractivity (Wildman–Crippen MR) is 75.0 cm³/mol. The molecule has 0 spiro atoms. The van der Waals surface area contributed by atoms with Crippen molar-refractivity contribution in [3.8, 4) is 11.1 Å². The second-order valence-electron chi connectivity index (χ2n) is 5.23. The summed E-state index contributed by atoms with van der Waals surface area (Å²) in [6, 6.07) is 6.08. The molecular weight excluding hydrogens is 257 g/mol. The van der Waals surface area contributed by atoms with Gasteiger partial charge in [-0.05, 0) is 42.9 Å². The molecule has 2 aromatic rings. The fourth-order valence-corrected chi connectivity index (χ4v) is 2.35. The van der Waals surface area contributed by atoms with E-state index in [0.29, 0.717) is 17.0 Å². The Bertz CT molecular complexity index is 689. The Morgan fingerprint density at radius 3 is 2.80 bits per heavy atom. The summed E-state index contributed by atoms with van der Waals surface area (Å²) < 4.78 is 14.9. The minimum Gasteiger partial charge on any atom is -0.418 e. The topological polar surface area (TPSA) is 31.2 Å². The van der Waals surface area contributed by atoms with Gasteiger partial charge in [-0.3, -0.25) is 4.79 Å². The van der Waals surface area contributed by atoms with E-state index in [-0.39, 0.29) is 11.2 Å². The van der Waals surface area contributed by atoms with Crippen molar-refractivity contribution in [3.05, 3.63) is 58.3 Å². The predicted octanol–water partition coefficient (Wildman–Crippen LogP) is 2.67. The zero-order chi connectivity index (χ0) is 14.1. The van der Waals surface area contributed by atoms with Gasteiger partial charge in [-0.1, -0.05) is 12.1 Å². The van der Waals surface area contributed by atoms with E-state index >= 15 is 0 Å². The van der Waals surface area contributed by atoms with Crippen LogP contribution < -0.4 is 10.3 Å². The van der Waals surface area contributed by atoms with Crippen LogP contribution >= 0.6 is 0 Å². The van der Waals surface area contributed by atoms with E-state index in [1.165, 1.54) is 29.7 Å². The van der Waals surface area contributed by atoms with Crippen molar-refractivity contribution in [1.82, 2.24) is 4.73 Å². The molecule has 104 valence electrons. The maximum absolute atomic E-state index is 13.3. The lowest BCUT2D eigenvalue weighted by Crippen LogP contribution is -2.18. The molecular formula is C16H16FNO2. The van der Waals surface area contributed by atoms with Crippen LogP contribution in [0.1, 0.15) is 18.4 Å². The van der Waals surface area contributed by atoms with Crippen LogP contribution in [0.4, 0.5) is 4.39 Å². The number of pyridine rings is 1. The smallest absolute Gasteiger partial charge is 0.192 e. The van der Waals surface area contributed by atoms with E-state index in [1.807, 2.05) is 0 Å². The second kappa shape index (κ2) is 5.12. The Kier molecular flexibility index (Phi) is 3.30. The number of aromatic nitrogens is 1. The van der Waals surface area contributed by atoms with Crippen molar-refractivity contribution in [2.75, 3.05) is 7.11 Å². The first-order valence-corrected chi connectivity index (χ1v) is 6.73. The molecule has 0 unspecified atom stereocenters. The highest BCUT2D eigenvalue weighted by atomic mass is 19.1. The van der Waals surface area contributed by atoms with Crippen LogP contribution in [0.15, 0.2) is 41.5 Å². The monoisotopic (exact) mass is 273 g/mol. The Morgan fingerprint density at radius 2 is 2.15 bits per heavy atom. The molecule has 1 aromatic carbocycles. The van der Waals surface area contributed by atoms with Gasteiger partial charge in [0.15, 0.2) is 5.43 Å². The van der Waals surface area contributed by atoms with Crippen molar-refractivity contribution in [2.24, 2.45) is 5.92 Å². The van der Waals surface area contributed by atoms with Crippen LogP contribution in [0.25, 0.3) is 11.1 Å². The Hall–Kier alpha value is -2.10. The molecule has 0 radical (unpaired) electrons. The lowest BCUT2D eigenvalue weighted by molar-refractivity contribution is 0.165. The number of hydrogen-bond acceptors (Lipinski definition) is 2. The summed E-state index contributed by atoms with van der Waals surface area (Å²) in [5.41, 5.74) is 1.76. The van der Waals surface area contributed by atoms with Crippen molar-refractivity contribution < 1.29 is 9.23 Å². The third kappa shape index (κ3) is 2.59. The SMILES string of the molecule is COn1cc(CC2CC2)c(=O)c(-c2cccc(F)c2)c1. The summed E-state index contributed by atoms with van der Waals surface area (Å²) in [6.45, 7) is 0. The second-order valence-corrected chi connectivity index (χ2v) is 5.23. The zero-order valence-electron chi connectivity index (χ0n) is 11.3. The Labute approximate surface area is 116 Å². The Morgan fingerprint density at radius 1 is 1.35 bits per heavy atom. The molecule has 1 aliphatic rings. The van der Waals surface area contributed by atoms with E-state index in [1.54, 1.807) is 31.6 Å². The first-order valence-electron chi connectivity index (χ1n) is 6.73. The molecule has 0 aliphatic heterocycles. The standard InChI is InChI=1S/C16H16FNO2/c1-20-18-9-13(7-11-5-6-11)16(19)15(10-18)12-3-2-4-14(17)8-12/h2-4,8-11H,5-7H2,1H3. The van der Waals surface area contributed by atoms with E-state index in [0.717, 1.165) is 12.0 Å². The summed E-state index contributed by atoms with van der Waals surface area (Å²) in [5.74, 6) is 0.259. The van der Waals surface area contributed by atoms with E-state index in [9.17, 15) is 9.18 Å². The van der Waals surface area contributed by atoms with Gasteiger partial charge in [0.2, 0.25) is 0 Å². The van der Waals surface area contributed by atoms with Crippen LogP contribution in [0.2, 0.25) is 0 Å². The molecule has 1 aliphatic carbocycles. The van der Waals surface area contributed by atoms with E-state index < -0.39 is 0 Å². The normalized spacial score (nSPS) is 14.3. The van der Waals surface area contributed by atoms with Crippen LogP contribution in [-0.2, 0) is 6.42 Å². The molecule has 0 bridgehead atoms. The number of hydrogen-bond donors (Lipinski definition) is 0. The maximum Gasteiger partial charge on any atom is 0.192 e. The van der Waals surface area contributed by atoms with Gasteiger partial charge in [-0.2, -0.15) is 4.73 Å². The van der Waals surface area contributed by atoms with Gasteiger partial charge in [0.05, 0.1) is 12.4 Å². The third-order valence-corrected chi connectivity index (χ3v) is 3.63. The average molecular weight is 273 g/mol. The molecule has 0 amide bonds. The van der Waals surface area contributed by atoms with Crippen molar-refractivity contribution >= 4 is 0 Å². The largest absolute Gasteiger partial charge is 0.418 e. The van der Waals surface area contributed by atoms with Gasteiger partial charge in [0.25, 0.3) is 0 Å². The van der Waals surface area contributed by atoms with Gasteiger partial charge in [0, 0.05) is 11.1 Å². The first kappa shape index (κ1) is 12.9. The summed E-state index contributed by atoms with van der Waals surface area (Å²) in [6.07, 6.45) is 6.45. The molecule has 0 saturated heterocycles. The number of halogens is 1. The maximum atomic E-state index is 13.3. The third-order valence-electron chi connectivity index (χ3n) is 3.63. The van der Waals surface area contributed by atoms with Gasteiger partial charge < -0.3 is 4.84 Å². The van der Waals surface area contributed by atoms with E-state index in [2.05, 4.69) is 0 Å². The van der Waals surface area contributed by atoms with Crippen LogP contribution in [-0.4, -0.2) is 11.8 Å². The highest BCUT2D eigenvalue weighted by Gasteiger charge is 2.24. The molecule has 20 heavy (non-hydrogen) atoms. The van der Waals surface area contributed by atoms with Crippen molar-refractivity contribution in [3.63, 3.8) is 0 Å². The minimum atomic E-state index is -0.349. The molecule has 1 aromatic heterocycles. The molecule has 1 saturated carbocycles. The number of rotatable bonds is 4. The first-order chi connectivity index (χ1) is 9.67. The van der Waals surface area contributed by atoms with Gasteiger partial charge >= 0.3 is 0 Å². The molecule has 4 heteroatoms. The van der Waals surface area contributed by atoms with Crippen LogP contribution in [0, 0.1) is 11.7 Å². The lowest BCUT2D eigenvalue weighted by atomic mass is 10.0. The molecule has 3 nitrogen and oxygen atoms in total. The zero-order valence-corrected chi connectivity index (χ0v) is 11.3.